The number of halogens is 1. The minimum Gasteiger partial charge on any atom is -0.372 e. The molecule has 1 aliphatic heterocycles. The average molecular weight is 381 g/mol. The number of benzene rings is 2. The van der Waals surface area contributed by atoms with Crippen molar-refractivity contribution in [3.05, 3.63) is 65.5 Å². The predicted molar refractivity (Wildman–Crippen MR) is 105 cm³/mol. The van der Waals surface area contributed by atoms with Crippen molar-refractivity contribution in [3.8, 4) is 0 Å². The number of amides is 4. The van der Waals surface area contributed by atoms with Gasteiger partial charge in [-0.25, -0.2) is 14.1 Å². The molecule has 7 heteroatoms. The van der Waals surface area contributed by atoms with Crippen LogP contribution in [-0.2, 0) is 9.59 Å². The summed E-state index contributed by atoms with van der Waals surface area (Å²) in [4.78, 5) is 40.1. The number of hydrogen-bond acceptors (Lipinski definition) is 4. The van der Waals surface area contributed by atoms with E-state index in [1.54, 1.807) is 12.1 Å². The first-order valence-corrected chi connectivity index (χ1v) is 8.96. The Morgan fingerprint density at radius 2 is 1.57 bits per heavy atom. The number of carbonyl (C=O) groups is 3. The quantitative estimate of drug-likeness (QED) is 0.637. The summed E-state index contributed by atoms with van der Waals surface area (Å²) in [6.45, 7) is 5.86. The minimum absolute atomic E-state index is 0.167. The molecule has 1 aliphatic rings. The number of rotatable bonds is 5. The number of imide groups is 2. The zero-order valence-electron chi connectivity index (χ0n) is 15.6. The molecule has 28 heavy (non-hydrogen) atoms. The second-order valence-electron chi connectivity index (χ2n) is 6.20. The molecular weight excluding hydrogens is 361 g/mol. The van der Waals surface area contributed by atoms with Gasteiger partial charge in [-0.2, -0.15) is 0 Å². The van der Waals surface area contributed by atoms with Crippen molar-refractivity contribution < 1.29 is 18.8 Å². The fourth-order valence-electron chi connectivity index (χ4n) is 3.02. The Hall–Kier alpha value is -3.48. The summed E-state index contributed by atoms with van der Waals surface area (Å²) in [5, 5.41) is 2.15. The van der Waals surface area contributed by atoms with Crippen LogP contribution >= 0.6 is 0 Å². The highest BCUT2D eigenvalue weighted by Crippen LogP contribution is 2.23. The number of anilines is 2. The topological polar surface area (TPSA) is 69.7 Å². The standard InChI is InChI=1S/C21H20FN3O3/c1-3-24(4-2)16-9-5-14(6-10-16)13-18-19(26)23-21(28)25(20(18)27)17-11-7-15(22)8-12-17/h5-13H,3-4H2,1-2H3,(H,23,26,28)/b18-13+. The van der Waals surface area contributed by atoms with Crippen molar-refractivity contribution in [1.82, 2.24) is 5.32 Å². The molecule has 6 nitrogen and oxygen atoms in total. The molecule has 3 rings (SSSR count). The van der Waals surface area contributed by atoms with E-state index in [4.69, 9.17) is 0 Å². The third kappa shape index (κ3) is 3.78. The highest BCUT2D eigenvalue weighted by atomic mass is 19.1. The predicted octanol–water partition coefficient (Wildman–Crippen LogP) is 3.34. The highest BCUT2D eigenvalue weighted by molar-refractivity contribution is 6.39. The number of carbonyl (C=O) groups excluding carboxylic acids is 3. The maximum Gasteiger partial charge on any atom is 0.335 e. The van der Waals surface area contributed by atoms with E-state index in [1.807, 2.05) is 12.1 Å². The van der Waals surface area contributed by atoms with Crippen LogP contribution in [0.1, 0.15) is 19.4 Å². The Bertz CT molecular complexity index is 932. The lowest BCUT2D eigenvalue weighted by Crippen LogP contribution is -2.54. The molecule has 0 atom stereocenters. The van der Waals surface area contributed by atoms with E-state index in [0.29, 0.717) is 5.56 Å². The van der Waals surface area contributed by atoms with Gasteiger partial charge < -0.3 is 4.90 Å². The molecule has 144 valence electrons. The molecule has 0 aromatic heterocycles. The van der Waals surface area contributed by atoms with Gasteiger partial charge in [0.1, 0.15) is 11.4 Å². The van der Waals surface area contributed by atoms with Gasteiger partial charge in [-0.3, -0.25) is 14.9 Å². The smallest absolute Gasteiger partial charge is 0.335 e. The normalized spacial score (nSPS) is 15.8. The van der Waals surface area contributed by atoms with Crippen molar-refractivity contribution in [2.45, 2.75) is 13.8 Å². The second kappa shape index (κ2) is 8.04. The lowest BCUT2D eigenvalue weighted by atomic mass is 10.1. The summed E-state index contributed by atoms with van der Waals surface area (Å²) in [6, 6.07) is 11.5. The fraction of sp³-hybridized carbons (Fsp3) is 0.190. The van der Waals surface area contributed by atoms with E-state index in [9.17, 15) is 18.8 Å². The molecule has 0 radical (unpaired) electrons. The number of hydrogen-bond donors (Lipinski definition) is 1. The van der Waals surface area contributed by atoms with Crippen LogP contribution in [0.5, 0.6) is 0 Å². The molecule has 1 saturated heterocycles. The monoisotopic (exact) mass is 381 g/mol. The Balaban J connectivity index is 1.91. The molecule has 2 aromatic carbocycles. The van der Waals surface area contributed by atoms with Crippen LogP contribution < -0.4 is 15.1 Å². The van der Waals surface area contributed by atoms with E-state index in [1.165, 1.54) is 18.2 Å². The van der Waals surface area contributed by atoms with Gasteiger partial charge in [0.05, 0.1) is 5.69 Å². The summed E-state index contributed by atoms with van der Waals surface area (Å²) < 4.78 is 13.1. The molecule has 0 aliphatic carbocycles. The number of urea groups is 1. The number of nitrogens with zero attached hydrogens (tertiary/aromatic N) is 2. The summed E-state index contributed by atoms with van der Waals surface area (Å²) in [7, 11) is 0. The maximum atomic E-state index is 13.1. The number of nitrogens with one attached hydrogen (secondary N) is 1. The maximum absolute atomic E-state index is 13.1. The molecule has 0 bridgehead atoms. The molecular formula is C21H20FN3O3. The molecule has 4 amide bonds. The van der Waals surface area contributed by atoms with Crippen molar-refractivity contribution in [2.75, 3.05) is 22.9 Å². The Kier molecular flexibility index (Phi) is 5.54. The van der Waals surface area contributed by atoms with E-state index in [0.717, 1.165) is 35.8 Å². The Morgan fingerprint density at radius 3 is 2.14 bits per heavy atom. The lowest BCUT2D eigenvalue weighted by Gasteiger charge is -2.26. The van der Waals surface area contributed by atoms with Crippen LogP contribution in [0.3, 0.4) is 0 Å². The largest absolute Gasteiger partial charge is 0.372 e. The van der Waals surface area contributed by atoms with E-state index < -0.39 is 23.7 Å². The van der Waals surface area contributed by atoms with E-state index >= 15 is 0 Å². The van der Waals surface area contributed by atoms with Gasteiger partial charge in [0.25, 0.3) is 11.8 Å². The molecule has 1 fully saturated rings. The van der Waals surface area contributed by atoms with E-state index in [-0.39, 0.29) is 11.3 Å². The third-order valence-electron chi connectivity index (χ3n) is 4.52. The summed E-state index contributed by atoms with van der Waals surface area (Å²) in [5.74, 6) is -2.01. The first kappa shape index (κ1) is 19.3. The van der Waals surface area contributed by atoms with Crippen LogP contribution in [0.15, 0.2) is 54.1 Å². The lowest BCUT2D eigenvalue weighted by molar-refractivity contribution is -0.122. The SMILES string of the molecule is CCN(CC)c1ccc(/C=C2\C(=O)NC(=O)N(c3ccc(F)cc3)C2=O)cc1. The van der Waals surface area contributed by atoms with Crippen LogP contribution in [0, 0.1) is 5.82 Å². The van der Waals surface area contributed by atoms with Gasteiger partial charge in [-0.15, -0.1) is 0 Å². The van der Waals surface area contributed by atoms with Gasteiger partial charge in [0.2, 0.25) is 0 Å². The van der Waals surface area contributed by atoms with Gasteiger partial charge in [-0.1, -0.05) is 12.1 Å². The zero-order valence-corrected chi connectivity index (χ0v) is 15.6. The van der Waals surface area contributed by atoms with Crippen molar-refractivity contribution in [1.29, 1.82) is 0 Å². The van der Waals surface area contributed by atoms with Gasteiger partial charge in [-0.05, 0) is 61.9 Å². The van der Waals surface area contributed by atoms with Gasteiger partial charge in [0.15, 0.2) is 0 Å². The summed E-state index contributed by atoms with van der Waals surface area (Å²) in [5.41, 5.74) is 1.70. The Morgan fingerprint density at radius 1 is 0.964 bits per heavy atom. The third-order valence-corrected chi connectivity index (χ3v) is 4.52. The molecule has 1 N–H and O–H groups in total. The highest BCUT2D eigenvalue weighted by Gasteiger charge is 2.36. The van der Waals surface area contributed by atoms with Crippen molar-refractivity contribution >= 4 is 35.3 Å². The van der Waals surface area contributed by atoms with Crippen LogP contribution in [0.25, 0.3) is 6.08 Å². The first-order chi connectivity index (χ1) is 13.4. The van der Waals surface area contributed by atoms with Crippen molar-refractivity contribution in [2.24, 2.45) is 0 Å². The van der Waals surface area contributed by atoms with Gasteiger partial charge in [0, 0.05) is 18.8 Å². The fourth-order valence-corrected chi connectivity index (χ4v) is 3.02. The zero-order chi connectivity index (χ0) is 20.3. The Labute approximate surface area is 162 Å². The molecule has 0 saturated carbocycles. The second-order valence-corrected chi connectivity index (χ2v) is 6.20. The molecule has 1 heterocycles. The molecule has 0 spiro atoms. The van der Waals surface area contributed by atoms with Crippen LogP contribution in [0.4, 0.5) is 20.6 Å². The van der Waals surface area contributed by atoms with Crippen LogP contribution in [0.2, 0.25) is 0 Å². The molecule has 0 unspecified atom stereocenters. The van der Waals surface area contributed by atoms with Crippen molar-refractivity contribution in [3.63, 3.8) is 0 Å². The minimum atomic E-state index is -0.865. The molecule has 2 aromatic rings. The summed E-state index contributed by atoms with van der Waals surface area (Å²) >= 11 is 0. The average Bonchev–Trinajstić information content (AvgIpc) is 2.68. The van der Waals surface area contributed by atoms with Gasteiger partial charge >= 0.3 is 6.03 Å². The summed E-state index contributed by atoms with van der Waals surface area (Å²) in [6.07, 6.45) is 1.44. The van der Waals surface area contributed by atoms with E-state index in [2.05, 4.69) is 24.1 Å². The van der Waals surface area contributed by atoms with Crippen LogP contribution in [-0.4, -0.2) is 30.9 Å². The number of barbiturate groups is 1. The first-order valence-electron chi connectivity index (χ1n) is 8.96.